The van der Waals surface area contributed by atoms with Crippen LogP contribution in [0.15, 0.2) is 30.5 Å². The summed E-state index contributed by atoms with van der Waals surface area (Å²) in [6.45, 7) is 5.47. The Kier molecular flexibility index (Phi) is 4.08. The number of hydrogen-bond acceptors (Lipinski definition) is 5. The predicted octanol–water partition coefficient (Wildman–Crippen LogP) is 2.26. The van der Waals surface area contributed by atoms with Crippen LogP contribution in [0.5, 0.6) is 11.5 Å². The number of fused-ring (bicyclic) bond motifs is 1. The first-order chi connectivity index (χ1) is 12.7. The maximum atomic E-state index is 12.4. The van der Waals surface area contributed by atoms with Crippen LogP contribution < -0.4 is 14.8 Å². The molecule has 2 N–H and O–H groups in total. The lowest BCUT2D eigenvalue weighted by molar-refractivity contribution is 0.0946. The minimum Gasteiger partial charge on any atom is -0.454 e. The topological polar surface area (TPSA) is 94.1 Å². The Labute approximate surface area is 150 Å². The molecular formula is C18H19N5O3. The Balaban J connectivity index is 1.45. The van der Waals surface area contributed by atoms with Crippen molar-refractivity contribution in [3.05, 3.63) is 47.4 Å². The SMILES string of the molecule is CCn1ncc(CNC(=O)c2cc(-c3ccc4c(c3)OCO4)n[nH]2)c1C. The molecule has 26 heavy (non-hydrogen) atoms. The number of aromatic amines is 1. The second kappa shape index (κ2) is 6.55. The highest BCUT2D eigenvalue weighted by Gasteiger charge is 2.16. The Morgan fingerprint density at radius 3 is 2.96 bits per heavy atom. The van der Waals surface area contributed by atoms with E-state index in [1.54, 1.807) is 12.3 Å². The second-order valence-corrected chi connectivity index (χ2v) is 5.99. The standard InChI is InChI=1S/C18H19N5O3/c1-3-23-11(2)13(9-20-23)8-19-18(24)15-7-14(21-22-15)12-4-5-16-17(6-12)26-10-25-16/h4-7,9H,3,8,10H2,1-2H3,(H,19,24)(H,21,22). The van der Waals surface area contributed by atoms with E-state index in [0.717, 1.165) is 23.4 Å². The van der Waals surface area contributed by atoms with E-state index in [-0.39, 0.29) is 12.7 Å². The Hall–Kier alpha value is -3.29. The Morgan fingerprint density at radius 2 is 2.15 bits per heavy atom. The van der Waals surface area contributed by atoms with Gasteiger partial charge < -0.3 is 14.8 Å². The summed E-state index contributed by atoms with van der Waals surface area (Å²) in [5.74, 6) is 1.18. The molecule has 0 atom stereocenters. The van der Waals surface area contributed by atoms with Gasteiger partial charge in [0.05, 0.1) is 11.9 Å². The molecular weight excluding hydrogens is 334 g/mol. The number of carbonyl (C=O) groups is 1. The normalized spacial score (nSPS) is 12.4. The lowest BCUT2D eigenvalue weighted by Crippen LogP contribution is -2.23. The smallest absolute Gasteiger partial charge is 0.269 e. The maximum absolute atomic E-state index is 12.4. The molecule has 0 spiro atoms. The van der Waals surface area contributed by atoms with Gasteiger partial charge in [-0.1, -0.05) is 0 Å². The van der Waals surface area contributed by atoms with E-state index >= 15 is 0 Å². The van der Waals surface area contributed by atoms with Crippen LogP contribution in [0.3, 0.4) is 0 Å². The van der Waals surface area contributed by atoms with Gasteiger partial charge in [0.15, 0.2) is 11.5 Å². The van der Waals surface area contributed by atoms with Gasteiger partial charge in [-0.25, -0.2) is 0 Å². The van der Waals surface area contributed by atoms with E-state index in [4.69, 9.17) is 9.47 Å². The summed E-state index contributed by atoms with van der Waals surface area (Å²) < 4.78 is 12.6. The molecule has 0 bridgehead atoms. The zero-order valence-corrected chi connectivity index (χ0v) is 14.6. The number of aromatic nitrogens is 4. The summed E-state index contributed by atoms with van der Waals surface area (Å²) in [6.07, 6.45) is 1.78. The molecule has 1 aromatic carbocycles. The molecule has 4 rings (SSSR count). The predicted molar refractivity (Wildman–Crippen MR) is 94.0 cm³/mol. The number of rotatable bonds is 5. The summed E-state index contributed by atoms with van der Waals surface area (Å²) in [7, 11) is 0. The van der Waals surface area contributed by atoms with Crippen LogP contribution in [0.25, 0.3) is 11.3 Å². The van der Waals surface area contributed by atoms with Gasteiger partial charge in [-0.3, -0.25) is 14.6 Å². The van der Waals surface area contributed by atoms with Crippen LogP contribution in [-0.2, 0) is 13.1 Å². The average Bonchev–Trinajstić information content (AvgIpc) is 3.38. The van der Waals surface area contributed by atoms with Crippen molar-refractivity contribution in [2.24, 2.45) is 0 Å². The quantitative estimate of drug-likeness (QED) is 0.734. The second-order valence-electron chi connectivity index (χ2n) is 5.99. The number of H-pyrrole nitrogens is 1. The molecule has 8 heteroatoms. The van der Waals surface area contributed by atoms with Gasteiger partial charge in [0.1, 0.15) is 5.69 Å². The first-order valence-electron chi connectivity index (χ1n) is 8.40. The monoisotopic (exact) mass is 353 g/mol. The van der Waals surface area contributed by atoms with Crippen molar-refractivity contribution in [2.45, 2.75) is 26.9 Å². The van der Waals surface area contributed by atoms with E-state index in [0.29, 0.717) is 29.4 Å². The van der Waals surface area contributed by atoms with Crippen LogP contribution in [0.1, 0.15) is 28.7 Å². The summed E-state index contributed by atoms with van der Waals surface area (Å²) in [5, 5.41) is 14.2. The lowest BCUT2D eigenvalue weighted by atomic mass is 10.1. The van der Waals surface area contributed by atoms with E-state index in [2.05, 4.69) is 20.6 Å². The molecule has 3 heterocycles. The lowest BCUT2D eigenvalue weighted by Gasteiger charge is -2.04. The van der Waals surface area contributed by atoms with Gasteiger partial charge in [-0.2, -0.15) is 10.2 Å². The van der Waals surface area contributed by atoms with Gasteiger partial charge in [-0.05, 0) is 38.1 Å². The number of amides is 1. The number of hydrogen-bond donors (Lipinski definition) is 2. The molecule has 0 radical (unpaired) electrons. The molecule has 1 aliphatic heterocycles. The molecule has 0 aliphatic carbocycles. The molecule has 134 valence electrons. The number of carbonyl (C=O) groups excluding carboxylic acids is 1. The molecule has 0 saturated carbocycles. The minimum absolute atomic E-state index is 0.215. The van der Waals surface area contributed by atoms with Gasteiger partial charge in [0.25, 0.3) is 5.91 Å². The third-order valence-electron chi connectivity index (χ3n) is 4.43. The van der Waals surface area contributed by atoms with Crippen molar-refractivity contribution < 1.29 is 14.3 Å². The highest BCUT2D eigenvalue weighted by Crippen LogP contribution is 2.35. The first-order valence-corrected chi connectivity index (χ1v) is 8.40. The van der Waals surface area contributed by atoms with Crippen LogP contribution in [0.4, 0.5) is 0 Å². The van der Waals surface area contributed by atoms with Gasteiger partial charge >= 0.3 is 0 Å². The molecule has 8 nitrogen and oxygen atoms in total. The molecule has 0 saturated heterocycles. The summed E-state index contributed by atoms with van der Waals surface area (Å²) in [5.41, 5.74) is 3.97. The summed E-state index contributed by atoms with van der Waals surface area (Å²) in [4.78, 5) is 12.4. The van der Waals surface area contributed by atoms with E-state index in [1.165, 1.54) is 0 Å². The summed E-state index contributed by atoms with van der Waals surface area (Å²) >= 11 is 0. The Morgan fingerprint density at radius 1 is 1.31 bits per heavy atom. The molecule has 1 amide bonds. The molecule has 0 fully saturated rings. The third kappa shape index (κ3) is 2.90. The van der Waals surface area contributed by atoms with Crippen LogP contribution in [0.2, 0.25) is 0 Å². The molecule has 3 aromatic rings. The first kappa shape index (κ1) is 16.2. The van der Waals surface area contributed by atoms with Crippen LogP contribution in [-0.4, -0.2) is 32.7 Å². The fraction of sp³-hybridized carbons (Fsp3) is 0.278. The Bertz CT molecular complexity index is 960. The molecule has 1 aliphatic rings. The fourth-order valence-electron chi connectivity index (χ4n) is 2.89. The largest absolute Gasteiger partial charge is 0.454 e. The van der Waals surface area contributed by atoms with Crippen molar-refractivity contribution in [2.75, 3.05) is 6.79 Å². The van der Waals surface area contributed by atoms with E-state index in [1.807, 2.05) is 36.7 Å². The number of aryl methyl sites for hydroxylation is 1. The van der Waals surface area contributed by atoms with E-state index < -0.39 is 0 Å². The van der Waals surface area contributed by atoms with Crippen molar-refractivity contribution >= 4 is 5.91 Å². The van der Waals surface area contributed by atoms with Crippen molar-refractivity contribution in [3.8, 4) is 22.8 Å². The van der Waals surface area contributed by atoms with E-state index in [9.17, 15) is 4.79 Å². The summed E-state index contributed by atoms with van der Waals surface area (Å²) in [6, 6.07) is 7.28. The number of benzene rings is 1. The van der Waals surface area contributed by atoms with Crippen molar-refractivity contribution in [1.29, 1.82) is 0 Å². The van der Waals surface area contributed by atoms with Crippen molar-refractivity contribution in [3.63, 3.8) is 0 Å². The van der Waals surface area contributed by atoms with Crippen LogP contribution in [0, 0.1) is 6.92 Å². The fourth-order valence-corrected chi connectivity index (χ4v) is 2.89. The zero-order valence-electron chi connectivity index (χ0n) is 14.6. The highest BCUT2D eigenvalue weighted by atomic mass is 16.7. The number of nitrogens with one attached hydrogen (secondary N) is 2. The third-order valence-corrected chi connectivity index (χ3v) is 4.43. The number of nitrogens with zero attached hydrogens (tertiary/aromatic N) is 3. The minimum atomic E-state index is -0.215. The number of ether oxygens (including phenoxy) is 2. The molecule has 0 unspecified atom stereocenters. The highest BCUT2D eigenvalue weighted by molar-refractivity contribution is 5.93. The van der Waals surface area contributed by atoms with Gasteiger partial charge in [-0.15, -0.1) is 0 Å². The van der Waals surface area contributed by atoms with Crippen LogP contribution >= 0.6 is 0 Å². The zero-order chi connectivity index (χ0) is 18.1. The maximum Gasteiger partial charge on any atom is 0.269 e. The molecule has 2 aromatic heterocycles. The van der Waals surface area contributed by atoms with Gasteiger partial charge in [0.2, 0.25) is 6.79 Å². The average molecular weight is 353 g/mol. The van der Waals surface area contributed by atoms with Gasteiger partial charge in [0, 0.05) is 29.9 Å². The van der Waals surface area contributed by atoms with Crippen molar-refractivity contribution in [1.82, 2.24) is 25.3 Å².